The molecule has 0 saturated heterocycles. The largest absolute Gasteiger partial charge is 0.244 e. The van der Waals surface area contributed by atoms with Crippen LogP contribution >= 0.6 is 0 Å². The van der Waals surface area contributed by atoms with E-state index in [4.69, 9.17) is 0 Å². The Morgan fingerprint density at radius 3 is 2.50 bits per heavy atom. The molecule has 0 spiro atoms. The van der Waals surface area contributed by atoms with Crippen molar-refractivity contribution in [3.05, 3.63) is 35.9 Å². The lowest BCUT2D eigenvalue weighted by Gasteiger charge is -2.02. The second-order valence-electron chi connectivity index (χ2n) is 3.70. The third-order valence-corrected chi connectivity index (χ3v) is 2.44. The van der Waals surface area contributed by atoms with Crippen LogP contribution in [-0.2, 0) is 16.4 Å². The molecule has 0 bridgehead atoms. The minimum Gasteiger partial charge on any atom is -0.206 e. The van der Waals surface area contributed by atoms with E-state index in [0.29, 0.717) is 0 Å². The summed E-state index contributed by atoms with van der Waals surface area (Å²) >= 11 is 0. The summed E-state index contributed by atoms with van der Waals surface area (Å²) in [6.45, 7) is 1.81. The van der Waals surface area contributed by atoms with Gasteiger partial charge >= 0.3 is 0 Å². The highest BCUT2D eigenvalue weighted by Crippen LogP contribution is 2.03. The zero-order valence-electron chi connectivity index (χ0n) is 9.47. The van der Waals surface area contributed by atoms with Crippen LogP contribution in [0, 0.1) is 0 Å². The van der Waals surface area contributed by atoms with Crippen molar-refractivity contribution < 1.29 is 8.42 Å². The number of hydrogen-bond donors (Lipinski definition) is 1. The molecule has 0 radical (unpaired) electrons. The van der Waals surface area contributed by atoms with E-state index in [9.17, 15) is 8.42 Å². The van der Waals surface area contributed by atoms with Crippen molar-refractivity contribution in [2.24, 2.45) is 5.10 Å². The molecule has 0 aliphatic carbocycles. The van der Waals surface area contributed by atoms with Gasteiger partial charge in [0.25, 0.3) is 0 Å². The Morgan fingerprint density at radius 2 is 1.94 bits per heavy atom. The molecule has 0 heterocycles. The molecule has 0 amide bonds. The van der Waals surface area contributed by atoms with Crippen LogP contribution in [0.4, 0.5) is 0 Å². The van der Waals surface area contributed by atoms with Crippen molar-refractivity contribution in [2.45, 2.75) is 19.8 Å². The SMILES string of the molecule is C/C(CCc1ccccc1)=N/NS(C)(=O)=O. The molecule has 0 aromatic heterocycles. The van der Waals surface area contributed by atoms with Gasteiger partial charge in [-0.3, -0.25) is 0 Å². The molecule has 0 aliphatic heterocycles. The fourth-order valence-corrected chi connectivity index (χ4v) is 1.51. The smallest absolute Gasteiger partial charge is 0.206 e. The van der Waals surface area contributed by atoms with Gasteiger partial charge in [-0.25, -0.2) is 13.2 Å². The van der Waals surface area contributed by atoms with E-state index < -0.39 is 10.0 Å². The van der Waals surface area contributed by atoms with Crippen molar-refractivity contribution in [2.75, 3.05) is 6.26 Å². The van der Waals surface area contributed by atoms with E-state index >= 15 is 0 Å². The molecule has 0 saturated carbocycles. The lowest BCUT2D eigenvalue weighted by atomic mass is 10.1. The van der Waals surface area contributed by atoms with Crippen molar-refractivity contribution >= 4 is 15.7 Å². The van der Waals surface area contributed by atoms with Crippen LogP contribution in [0.1, 0.15) is 18.9 Å². The summed E-state index contributed by atoms with van der Waals surface area (Å²) in [5.41, 5.74) is 1.99. The molecule has 1 N–H and O–H groups in total. The van der Waals surface area contributed by atoms with Crippen LogP contribution in [0.5, 0.6) is 0 Å². The number of benzene rings is 1. The zero-order chi connectivity index (χ0) is 12.0. The van der Waals surface area contributed by atoms with E-state index in [-0.39, 0.29) is 0 Å². The fourth-order valence-electron chi connectivity index (χ4n) is 1.19. The second kappa shape index (κ2) is 5.65. The van der Waals surface area contributed by atoms with Crippen molar-refractivity contribution in [3.63, 3.8) is 0 Å². The molecule has 16 heavy (non-hydrogen) atoms. The monoisotopic (exact) mass is 240 g/mol. The molecular weight excluding hydrogens is 224 g/mol. The van der Waals surface area contributed by atoms with Crippen LogP contribution in [-0.4, -0.2) is 20.4 Å². The predicted molar refractivity (Wildman–Crippen MR) is 65.9 cm³/mol. The lowest BCUT2D eigenvalue weighted by molar-refractivity contribution is 0.590. The van der Waals surface area contributed by atoms with Crippen molar-refractivity contribution in [3.8, 4) is 0 Å². The number of sulfonamides is 1. The van der Waals surface area contributed by atoms with Crippen LogP contribution < -0.4 is 4.83 Å². The molecule has 0 unspecified atom stereocenters. The van der Waals surface area contributed by atoms with E-state index in [1.165, 1.54) is 5.56 Å². The summed E-state index contributed by atoms with van der Waals surface area (Å²) in [6, 6.07) is 10.0. The molecule has 0 aliphatic rings. The maximum atomic E-state index is 10.8. The normalized spacial score (nSPS) is 12.5. The Hall–Kier alpha value is -1.36. The zero-order valence-corrected chi connectivity index (χ0v) is 10.3. The summed E-state index contributed by atoms with van der Waals surface area (Å²) in [4.78, 5) is 2.12. The highest BCUT2D eigenvalue weighted by atomic mass is 32.2. The maximum absolute atomic E-state index is 10.8. The van der Waals surface area contributed by atoms with Gasteiger partial charge in [-0.05, 0) is 25.3 Å². The summed E-state index contributed by atoms with van der Waals surface area (Å²) in [5, 5.41) is 3.79. The average molecular weight is 240 g/mol. The first-order valence-electron chi connectivity index (χ1n) is 5.01. The van der Waals surface area contributed by atoms with Gasteiger partial charge in [0.2, 0.25) is 10.0 Å². The number of aryl methyl sites for hydroxylation is 1. The topological polar surface area (TPSA) is 58.5 Å². The molecular formula is C11H16N2O2S. The standard InChI is InChI=1S/C11H16N2O2S/c1-10(12-13-16(2,14)15)8-9-11-6-4-3-5-7-11/h3-7,13H,8-9H2,1-2H3/b12-10-. The third kappa shape index (κ3) is 5.50. The van der Waals surface area contributed by atoms with Gasteiger partial charge < -0.3 is 0 Å². The minimum absolute atomic E-state index is 0.743. The number of nitrogens with zero attached hydrogens (tertiary/aromatic N) is 1. The van der Waals surface area contributed by atoms with Crippen LogP contribution in [0.2, 0.25) is 0 Å². The van der Waals surface area contributed by atoms with Crippen LogP contribution in [0.15, 0.2) is 35.4 Å². The van der Waals surface area contributed by atoms with Crippen molar-refractivity contribution in [1.82, 2.24) is 4.83 Å². The maximum Gasteiger partial charge on any atom is 0.244 e. The molecule has 88 valence electrons. The lowest BCUT2D eigenvalue weighted by Crippen LogP contribution is -2.17. The van der Waals surface area contributed by atoms with Gasteiger partial charge in [0.05, 0.1) is 6.26 Å². The van der Waals surface area contributed by atoms with E-state index in [1.54, 1.807) is 6.92 Å². The predicted octanol–water partition coefficient (Wildman–Crippen LogP) is 1.54. The van der Waals surface area contributed by atoms with Gasteiger partial charge in [0.1, 0.15) is 0 Å². The number of hydrogen-bond acceptors (Lipinski definition) is 3. The Kier molecular flexibility index (Phi) is 4.49. The first kappa shape index (κ1) is 12.7. The molecule has 1 aromatic carbocycles. The van der Waals surface area contributed by atoms with Crippen LogP contribution in [0.3, 0.4) is 0 Å². The first-order valence-corrected chi connectivity index (χ1v) is 6.90. The Bertz CT molecular complexity index is 452. The Morgan fingerprint density at radius 1 is 1.31 bits per heavy atom. The van der Waals surface area contributed by atoms with Gasteiger partial charge in [-0.2, -0.15) is 5.10 Å². The van der Waals surface area contributed by atoms with Crippen molar-refractivity contribution in [1.29, 1.82) is 0 Å². The molecule has 5 heteroatoms. The van der Waals surface area contributed by atoms with Crippen LogP contribution in [0.25, 0.3) is 0 Å². The molecule has 1 rings (SSSR count). The summed E-state index contributed by atoms with van der Waals surface area (Å²) in [5.74, 6) is 0. The Balaban J connectivity index is 2.44. The van der Waals surface area contributed by atoms with Gasteiger partial charge in [-0.1, -0.05) is 30.3 Å². The number of nitrogens with one attached hydrogen (secondary N) is 1. The summed E-state index contributed by atoms with van der Waals surface area (Å²) in [7, 11) is -3.24. The molecule has 4 nitrogen and oxygen atoms in total. The molecule has 0 atom stereocenters. The highest BCUT2D eigenvalue weighted by molar-refractivity contribution is 7.88. The number of rotatable bonds is 5. The summed E-state index contributed by atoms with van der Waals surface area (Å²) in [6.07, 6.45) is 2.69. The number of hydrazone groups is 1. The fraction of sp³-hybridized carbons (Fsp3) is 0.364. The summed E-state index contributed by atoms with van der Waals surface area (Å²) < 4.78 is 21.6. The minimum atomic E-state index is -3.24. The van der Waals surface area contributed by atoms with Gasteiger partial charge in [0, 0.05) is 5.71 Å². The van der Waals surface area contributed by atoms with E-state index in [2.05, 4.69) is 9.93 Å². The quantitative estimate of drug-likeness (QED) is 0.627. The van der Waals surface area contributed by atoms with E-state index in [1.807, 2.05) is 30.3 Å². The van der Waals surface area contributed by atoms with Gasteiger partial charge in [0.15, 0.2) is 0 Å². The highest BCUT2D eigenvalue weighted by Gasteiger charge is 1.98. The molecule has 0 fully saturated rings. The Labute approximate surface area is 96.4 Å². The van der Waals surface area contributed by atoms with Gasteiger partial charge in [-0.15, -0.1) is 0 Å². The first-order chi connectivity index (χ1) is 7.47. The average Bonchev–Trinajstić information content (AvgIpc) is 2.24. The molecule has 1 aromatic rings. The van der Waals surface area contributed by atoms with E-state index in [0.717, 1.165) is 24.8 Å². The second-order valence-corrected chi connectivity index (χ2v) is 5.42. The third-order valence-electron chi connectivity index (χ3n) is 2.02.